The third-order valence-corrected chi connectivity index (χ3v) is 2.52. The lowest BCUT2D eigenvalue weighted by atomic mass is 10.0. The van der Waals surface area contributed by atoms with Gasteiger partial charge in [0.25, 0.3) is 0 Å². The van der Waals surface area contributed by atoms with Crippen molar-refractivity contribution in [1.29, 1.82) is 0 Å². The van der Waals surface area contributed by atoms with E-state index < -0.39 is 5.67 Å². The van der Waals surface area contributed by atoms with Crippen molar-refractivity contribution in [2.45, 2.75) is 51.6 Å². The van der Waals surface area contributed by atoms with Crippen LogP contribution in [0.1, 0.15) is 46.0 Å². The summed E-state index contributed by atoms with van der Waals surface area (Å²) >= 11 is 0. The van der Waals surface area contributed by atoms with Crippen molar-refractivity contribution in [3.63, 3.8) is 0 Å². The summed E-state index contributed by atoms with van der Waals surface area (Å²) in [6.07, 6.45) is 5.95. The number of unbranched alkanes of at least 4 members (excludes halogenated alkanes) is 2. The molecule has 0 aliphatic heterocycles. The smallest absolute Gasteiger partial charge is 0.160 e. The first-order valence-corrected chi connectivity index (χ1v) is 6.64. The third-order valence-electron chi connectivity index (χ3n) is 2.52. The van der Waals surface area contributed by atoms with E-state index in [4.69, 9.17) is 9.47 Å². The highest BCUT2D eigenvalue weighted by Crippen LogP contribution is 2.18. The maximum absolute atomic E-state index is 14.3. The van der Waals surface area contributed by atoms with Crippen molar-refractivity contribution in [3.05, 3.63) is 12.7 Å². The second kappa shape index (κ2) is 10.7. The van der Waals surface area contributed by atoms with Crippen molar-refractivity contribution >= 4 is 0 Å². The van der Waals surface area contributed by atoms with Gasteiger partial charge in [0.05, 0.1) is 13.2 Å². The molecule has 0 spiro atoms. The largest absolute Gasteiger partial charge is 0.378 e. The first kappa shape index (κ1) is 16.6. The van der Waals surface area contributed by atoms with Crippen LogP contribution in [0.2, 0.25) is 0 Å². The van der Waals surface area contributed by atoms with Gasteiger partial charge in [-0.25, -0.2) is 4.39 Å². The van der Waals surface area contributed by atoms with Gasteiger partial charge in [-0.15, -0.1) is 6.58 Å². The van der Waals surface area contributed by atoms with Crippen molar-refractivity contribution in [1.82, 2.24) is 0 Å². The van der Waals surface area contributed by atoms with Gasteiger partial charge in [0.15, 0.2) is 5.67 Å². The molecule has 0 saturated heterocycles. The molecule has 0 bridgehead atoms. The molecule has 102 valence electrons. The van der Waals surface area contributed by atoms with Crippen molar-refractivity contribution < 1.29 is 13.9 Å². The van der Waals surface area contributed by atoms with Crippen LogP contribution in [0.15, 0.2) is 12.7 Å². The monoisotopic (exact) mass is 246 g/mol. The molecule has 0 saturated carbocycles. The molecule has 0 fully saturated rings. The van der Waals surface area contributed by atoms with Gasteiger partial charge < -0.3 is 9.47 Å². The minimum atomic E-state index is -1.41. The lowest BCUT2D eigenvalue weighted by molar-refractivity contribution is -0.0437. The normalized spacial score (nSPS) is 11.7. The Morgan fingerprint density at radius 1 is 1.06 bits per heavy atom. The quantitative estimate of drug-likeness (QED) is 0.384. The van der Waals surface area contributed by atoms with Crippen LogP contribution in [0.4, 0.5) is 4.39 Å². The van der Waals surface area contributed by atoms with Crippen LogP contribution in [0.5, 0.6) is 0 Å². The summed E-state index contributed by atoms with van der Waals surface area (Å²) in [6.45, 7) is 9.20. The summed E-state index contributed by atoms with van der Waals surface area (Å²) in [5.74, 6) is 0. The van der Waals surface area contributed by atoms with Gasteiger partial charge in [0.2, 0.25) is 0 Å². The van der Waals surface area contributed by atoms with Gasteiger partial charge in [-0.2, -0.15) is 0 Å². The fourth-order valence-electron chi connectivity index (χ4n) is 1.42. The molecule has 0 aromatic rings. The average Bonchev–Trinajstić information content (AvgIpc) is 2.31. The molecule has 2 nitrogen and oxygen atoms in total. The minimum absolute atomic E-state index is 0.102. The highest BCUT2D eigenvalue weighted by Gasteiger charge is 2.28. The first-order chi connectivity index (χ1) is 8.18. The molecule has 0 heterocycles. The number of hydrogen-bond acceptors (Lipinski definition) is 2. The number of rotatable bonds is 12. The standard InChI is InChI=1S/C14H27FO2/c1-4-7-10-16-12-14(15,9-6-3)13-17-11-8-5-2/h6H,3-5,7-13H2,1-2H3. The Labute approximate surface area is 105 Å². The van der Waals surface area contributed by atoms with Crippen molar-refractivity contribution in [2.24, 2.45) is 0 Å². The number of hydrogen-bond donors (Lipinski definition) is 0. The van der Waals surface area contributed by atoms with Crippen molar-refractivity contribution in [3.8, 4) is 0 Å². The molecule has 0 unspecified atom stereocenters. The number of alkyl halides is 1. The Bertz CT molecular complexity index is 171. The number of ether oxygens (including phenoxy) is 2. The Hall–Kier alpha value is -0.410. The van der Waals surface area contributed by atoms with E-state index >= 15 is 0 Å². The zero-order valence-electron chi connectivity index (χ0n) is 11.3. The molecule has 0 aromatic heterocycles. The van der Waals surface area contributed by atoms with Crippen LogP contribution in [-0.4, -0.2) is 32.1 Å². The molecule has 0 amide bonds. The van der Waals surface area contributed by atoms with E-state index in [0.717, 1.165) is 25.7 Å². The predicted molar refractivity (Wildman–Crippen MR) is 70.1 cm³/mol. The minimum Gasteiger partial charge on any atom is -0.378 e. The summed E-state index contributed by atoms with van der Waals surface area (Å²) in [5, 5.41) is 0. The molecule has 0 N–H and O–H groups in total. The van der Waals surface area contributed by atoms with Crippen LogP contribution < -0.4 is 0 Å². The van der Waals surface area contributed by atoms with Crippen LogP contribution in [0, 0.1) is 0 Å². The maximum atomic E-state index is 14.3. The van der Waals surface area contributed by atoms with Gasteiger partial charge in [0.1, 0.15) is 0 Å². The zero-order valence-corrected chi connectivity index (χ0v) is 11.3. The Kier molecular flexibility index (Phi) is 10.5. The van der Waals surface area contributed by atoms with Crippen LogP contribution in [0.3, 0.4) is 0 Å². The van der Waals surface area contributed by atoms with Crippen LogP contribution in [-0.2, 0) is 9.47 Å². The lowest BCUT2D eigenvalue weighted by Gasteiger charge is -2.23. The second-order valence-corrected chi connectivity index (χ2v) is 4.46. The van der Waals surface area contributed by atoms with Gasteiger partial charge in [-0.3, -0.25) is 0 Å². The molecule has 0 radical (unpaired) electrons. The van der Waals surface area contributed by atoms with E-state index in [1.807, 2.05) is 0 Å². The average molecular weight is 246 g/mol. The number of halogens is 1. The van der Waals surface area contributed by atoms with E-state index in [9.17, 15) is 4.39 Å². The van der Waals surface area contributed by atoms with E-state index in [-0.39, 0.29) is 19.6 Å². The van der Waals surface area contributed by atoms with Gasteiger partial charge in [-0.05, 0) is 12.8 Å². The first-order valence-electron chi connectivity index (χ1n) is 6.64. The Morgan fingerprint density at radius 3 is 1.88 bits per heavy atom. The molecule has 17 heavy (non-hydrogen) atoms. The molecular weight excluding hydrogens is 219 g/mol. The van der Waals surface area contributed by atoms with Gasteiger partial charge >= 0.3 is 0 Å². The lowest BCUT2D eigenvalue weighted by Crippen LogP contribution is -2.35. The van der Waals surface area contributed by atoms with E-state index in [2.05, 4.69) is 20.4 Å². The summed E-state index contributed by atoms with van der Waals surface area (Å²) in [6, 6.07) is 0. The SMILES string of the molecule is C=CCC(F)(COCCCC)COCCCC. The van der Waals surface area contributed by atoms with Gasteiger partial charge in [-0.1, -0.05) is 32.8 Å². The molecule has 3 heteroatoms. The highest BCUT2D eigenvalue weighted by atomic mass is 19.1. The fraction of sp³-hybridized carbons (Fsp3) is 0.857. The van der Waals surface area contributed by atoms with Crippen LogP contribution in [0.25, 0.3) is 0 Å². The molecule has 0 aliphatic rings. The zero-order chi connectivity index (χ0) is 13.0. The summed E-state index contributed by atoms with van der Waals surface area (Å²) < 4.78 is 25.0. The molecule has 0 aromatic carbocycles. The van der Waals surface area contributed by atoms with E-state index in [1.165, 1.54) is 0 Å². The predicted octanol–water partition coefficient (Wildman–Crippen LogP) is 3.90. The molecule has 0 aliphatic carbocycles. The molecule has 0 atom stereocenters. The Morgan fingerprint density at radius 2 is 1.53 bits per heavy atom. The Balaban J connectivity index is 3.84. The third kappa shape index (κ3) is 9.31. The molecule has 0 rings (SSSR count). The van der Waals surface area contributed by atoms with E-state index in [1.54, 1.807) is 6.08 Å². The van der Waals surface area contributed by atoms with Crippen molar-refractivity contribution in [2.75, 3.05) is 26.4 Å². The molecular formula is C14H27FO2. The second-order valence-electron chi connectivity index (χ2n) is 4.46. The number of allylic oxidation sites excluding steroid dienone is 1. The van der Waals surface area contributed by atoms with E-state index in [0.29, 0.717) is 13.2 Å². The topological polar surface area (TPSA) is 18.5 Å². The van der Waals surface area contributed by atoms with Crippen LogP contribution >= 0.6 is 0 Å². The summed E-state index contributed by atoms with van der Waals surface area (Å²) in [5.41, 5.74) is -1.41. The fourth-order valence-corrected chi connectivity index (χ4v) is 1.42. The summed E-state index contributed by atoms with van der Waals surface area (Å²) in [7, 11) is 0. The maximum Gasteiger partial charge on any atom is 0.160 e. The highest BCUT2D eigenvalue weighted by molar-refractivity contribution is 4.87. The van der Waals surface area contributed by atoms with Gasteiger partial charge in [0, 0.05) is 19.6 Å². The summed E-state index contributed by atoms with van der Waals surface area (Å²) in [4.78, 5) is 0.